The highest BCUT2D eigenvalue weighted by Gasteiger charge is 2.23. The van der Waals surface area contributed by atoms with Gasteiger partial charge >= 0.3 is 6.03 Å². The predicted octanol–water partition coefficient (Wildman–Crippen LogP) is 2.62. The van der Waals surface area contributed by atoms with Crippen LogP contribution in [-0.2, 0) is 4.79 Å². The lowest BCUT2D eigenvalue weighted by molar-refractivity contribution is -0.119. The third kappa shape index (κ3) is 5.47. The summed E-state index contributed by atoms with van der Waals surface area (Å²) in [5, 5.41) is 17.0. The quantitative estimate of drug-likeness (QED) is 0.694. The van der Waals surface area contributed by atoms with Crippen molar-refractivity contribution in [2.75, 3.05) is 7.11 Å². The van der Waals surface area contributed by atoms with E-state index in [9.17, 15) is 9.59 Å². The van der Waals surface area contributed by atoms with Crippen LogP contribution in [0.25, 0.3) is 5.69 Å². The van der Waals surface area contributed by atoms with E-state index in [0.717, 1.165) is 31.2 Å². The summed E-state index contributed by atoms with van der Waals surface area (Å²) >= 11 is 1.17. The number of urea groups is 1. The van der Waals surface area contributed by atoms with E-state index in [2.05, 4.69) is 26.2 Å². The van der Waals surface area contributed by atoms with Crippen LogP contribution in [0.5, 0.6) is 5.75 Å². The molecule has 3 rings (SSSR count). The SMILES string of the molecule is COc1ccc(C)cc1-n1nnnc1S[C@H](C)C(=O)NC(=O)NC1CCCCC1. The van der Waals surface area contributed by atoms with E-state index in [0.29, 0.717) is 16.6 Å². The van der Waals surface area contributed by atoms with Crippen molar-refractivity contribution in [1.82, 2.24) is 30.8 Å². The van der Waals surface area contributed by atoms with Gasteiger partial charge in [-0.1, -0.05) is 37.1 Å². The molecule has 10 heteroatoms. The molecule has 0 bridgehead atoms. The molecule has 1 atom stereocenters. The molecule has 1 heterocycles. The largest absolute Gasteiger partial charge is 0.494 e. The Kier molecular flexibility index (Phi) is 7.08. The molecule has 2 aromatic rings. The number of imide groups is 1. The highest BCUT2D eigenvalue weighted by atomic mass is 32.2. The topological polar surface area (TPSA) is 111 Å². The summed E-state index contributed by atoms with van der Waals surface area (Å²) in [6.07, 6.45) is 5.33. The summed E-state index contributed by atoms with van der Waals surface area (Å²) in [6, 6.07) is 5.36. The second kappa shape index (κ2) is 9.73. The molecule has 0 radical (unpaired) electrons. The average Bonchev–Trinajstić information content (AvgIpc) is 3.16. The van der Waals surface area contributed by atoms with Gasteiger partial charge in [0.1, 0.15) is 11.4 Å². The van der Waals surface area contributed by atoms with Crippen molar-refractivity contribution >= 4 is 23.7 Å². The van der Waals surface area contributed by atoms with Gasteiger partial charge in [-0.15, -0.1) is 5.10 Å². The van der Waals surface area contributed by atoms with Crippen LogP contribution < -0.4 is 15.4 Å². The molecule has 0 spiro atoms. The molecule has 2 N–H and O–H groups in total. The summed E-state index contributed by atoms with van der Waals surface area (Å²) in [5.74, 6) is 0.225. The lowest BCUT2D eigenvalue weighted by Gasteiger charge is -2.23. The molecule has 9 nitrogen and oxygen atoms in total. The van der Waals surface area contributed by atoms with Crippen molar-refractivity contribution in [1.29, 1.82) is 0 Å². The summed E-state index contributed by atoms with van der Waals surface area (Å²) in [5.41, 5.74) is 1.71. The highest BCUT2D eigenvalue weighted by Crippen LogP contribution is 2.28. The van der Waals surface area contributed by atoms with E-state index in [1.54, 1.807) is 14.0 Å². The van der Waals surface area contributed by atoms with Gasteiger partial charge in [0.2, 0.25) is 11.1 Å². The Balaban J connectivity index is 1.63. The van der Waals surface area contributed by atoms with Gasteiger partial charge in [0.05, 0.1) is 12.4 Å². The van der Waals surface area contributed by atoms with Crippen molar-refractivity contribution < 1.29 is 14.3 Å². The number of thioether (sulfide) groups is 1. The van der Waals surface area contributed by atoms with Crippen LogP contribution in [0.15, 0.2) is 23.4 Å². The zero-order valence-electron chi connectivity index (χ0n) is 16.8. The Morgan fingerprint density at radius 2 is 2.03 bits per heavy atom. The van der Waals surface area contributed by atoms with E-state index in [1.165, 1.54) is 22.9 Å². The fourth-order valence-electron chi connectivity index (χ4n) is 3.26. The zero-order chi connectivity index (χ0) is 20.8. The molecule has 1 aliphatic carbocycles. The van der Waals surface area contributed by atoms with Crippen LogP contribution in [-0.4, -0.2) is 50.5 Å². The van der Waals surface area contributed by atoms with Gasteiger partial charge in [-0.25, -0.2) is 4.79 Å². The number of aryl methyl sites for hydroxylation is 1. The molecule has 1 fully saturated rings. The van der Waals surface area contributed by atoms with Crippen molar-refractivity contribution in [2.24, 2.45) is 0 Å². The fraction of sp³-hybridized carbons (Fsp3) is 0.526. The number of benzene rings is 1. The predicted molar refractivity (Wildman–Crippen MR) is 109 cm³/mol. The van der Waals surface area contributed by atoms with Crippen LogP contribution >= 0.6 is 11.8 Å². The summed E-state index contributed by atoms with van der Waals surface area (Å²) in [6.45, 7) is 3.67. The maximum Gasteiger partial charge on any atom is 0.321 e. The molecule has 1 saturated carbocycles. The molecular formula is C19H26N6O3S. The Morgan fingerprint density at radius 1 is 1.28 bits per heavy atom. The molecule has 0 aliphatic heterocycles. The van der Waals surface area contributed by atoms with Crippen LogP contribution in [0.3, 0.4) is 0 Å². The van der Waals surface area contributed by atoms with Crippen LogP contribution in [0.2, 0.25) is 0 Å². The zero-order valence-corrected chi connectivity index (χ0v) is 17.7. The molecule has 3 amide bonds. The Labute approximate surface area is 174 Å². The first-order chi connectivity index (χ1) is 14.0. The number of carbonyl (C=O) groups is 2. The number of hydrogen-bond acceptors (Lipinski definition) is 7. The summed E-state index contributed by atoms with van der Waals surface area (Å²) < 4.78 is 6.93. The summed E-state index contributed by atoms with van der Waals surface area (Å²) in [7, 11) is 1.58. The maximum atomic E-state index is 12.5. The van der Waals surface area contributed by atoms with Gasteiger partial charge in [-0.05, 0) is 54.8 Å². The maximum absolute atomic E-state index is 12.5. The van der Waals surface area contributed by atoms with E-state index in [4.69, 9.17) is 4.74 Å². The highest BCUT2D eigenvalue weighted by molar-refractivity contribution is 8.00. The third-order valence-electron chi connectivity index (χ3n) is 4.83. The average molecular weight is 419 g/mol. The molecular weight excluding hydrogens is 392 g/mol. The van der Waals surface area contributed by atoms with E-state index in [-0.39, 0.29) is 6.04 Å². The van der Waals surface area contributed by atoms with Gasteiger partial charge in [-0.2, -0.15) is 4.68 Å². The first kappa shape index (κ1) is 21.1. The molecule has 0 saturated heterocycles. The smallest absolute Gasteiger partial charge is 0.321 e. The fourth-order valence-corrected chi connectivity index (χ4v) is 4.06. The van der Waals surface area contributed by atoms with Gasteiger partial charge in [0, 0.05) is 6.04 Å². The first-order valence-electron chi connectivity index (χ1n) is 9.69. The normalized spacial score (nSPS) is 15.6. The van der Waals surface area contributed by atoms with Crippen molar-refractivity contribution in [2.45, 2.75) is 62.4 Å². The number of hydrogen-bond donors (Lipinski definition) is 2. The van der Waals surface area contributed by atoms with Crippen LogP contribution in [0, 0.1) is 6.92 Å². The molecule has 1 aliphatic rings. The number of carbonyl (C=O) groups excluding carboxylic acids is 2. The Hall–Kier alpha value is -2.62. The number of ether oxygens (including phenoxy) is 1. The van der Waals surface area contributed by atoms with Crippen molar-refractivity contribution in [3.63, 3.8) is 0 Å². The van der Waals surface area contributed by atoms with Crippen molar-refractivity contribution in [3.8, 4) is 11.4 Å². The minimum atomic E-state index is -0.562. The first-order valence-corrected chi connectivity index (χ1v) is 10.6. The monoisotopic (exact) mass is 418 g/mol. The number of amides is 3. The number of nitrogens with zero attached hydrogens (tertiary/aromatic N) is 4. The summed E-state index contributed by atoms with van der Waals surface area (Å²) in [4.78, 5) is 24.6. The van der Waals surface area contributed by atoms with E-state index >= 15 is 0 Å². The second-order valence-corrected chi connectivity index (χ2v) is 8.41. The third-order valence-corrected chi connectivity index (χ3v) is 5.87. The molecule has 29 heavy (non-hydrogen) atoms. The lowest BCUT2D eigenvalue weighted by Crippen LogP contribution is -2.47. The van der Waals surface area contributed by atoms with Gasteiger partial charge < -0.3 is 10.1 Å². The van der Waals surface area contributed by atoms with E-state index in [1.807, 2.05) is 25.1 Å². The van der Waals surface area contributed by atoms with Crippen LogP contribution in [0.4, 0.5) is 4.79 Å². The number of methoxy groups -OCH3 is 1. The molecule has 1 aromatic carbocycles. The number of rotatable bonds is 6. The van der Waals surface area contributed by atoms with Gasteiger partial charge in [0.25, 0.3) is 0 Å². The van der Waals surface area contributed by atoms with Gasteiger partial charge in [0.15, 0.2) is 0 Å². The molecule has 0 unspecified atom stereocenters. The minimum Gasteiger partial charge on any atom is -0.494 e. The Morgan fingerprint density at radius 3 is 2.76 bits per heavy atom. The number of aromatic nitrogens is 4. The molecule has 1 aromatic heterocycles. The minimum absolute atomic E-state index is 0.139. The second-order valence-electron chi connectivity index (χ2n) is 7.11. The number of nitrogens with one attached hydrogen (secondary N) is 2. The molecule has 156 valence electrons. The van der Waals surface area contributed by atoms with Crippen LogP contribution in [0.1, 0.15) is 44.6 Å². The van der Waals surface area contributed by atoms with Gasteiger partial charge in [-0.3, -0.25) is 10.1 Å². The standard InChI is InChI=1S/C19H26N6O3S/c1-12-9-10-16(28-3)15(11-12)25-19(22-23-24-25)29-13(2)17(26)21-18(27)20-14-7-5-4-6-8-14/h9-11,13-14H,4-8H2,1-3H3,(H2,20,21,26,27)/t13-/m1/s1. The van der Waals surface area contributed by atoms with Crippen molar-refractivity contribution in [3.05, 3.63) is 23.8 Å². The lowest BCUT2D eigenvalue weighted by atomic mass is 9.96. The van der Waals surface area contributed by atoms with E-state index < -0.39 is 17.2 Å². The number of tetrazole rings is 1. The Bertz CT molecular complexity index is 865.